The van der Waals surface area contributed by atoms with Crippen LogP contribution < -0.4 is 0 Å². The van der Waals surface area contributed by atoms with Crippen LogP contribution in [0.3, 0.4) is 0 Å². The predicted molar refractivity (Wildman–Crippen MR) is 426 cm³/mol. The molecule has 0 bridgehead atoms. The normalized spacial score (nSPS) is 15.3. The third-order valence-electron chi connectivity index (χ3n) is 13.6. The molecule has 0 fully saturated rings. The molecule has 0 aliphatic carbocycles. The highest BCUT2D eigenvalue weighted by Crippen LogP contribution is 2.45. The molecule has 0 aliphatic rings. The van der Waals surface area contributed by atoms with Crippen LogP contribution in [0.2, 0.25) is 0 Å². The zero-order valence-electron chi connectivity index (χ0n) is 62.6. The lowest BCUT2D eigenvalue weighted by molar-refractivity contribution is -0.160. The predicted octanol–water partition coefficient (Wildman–Crippen LogP) is 21.4. The monoisotopic (exact) mass is 1480 g/mol. The van der Waals surface area contributed by atoms with Gasteiger partial charge in [-0.3, -0.25) is 37.3 Å². The summed E-state index contributed by atoms with van der Waals surface area (Å²) in [4.78, 5) is 72.6. The fraction of sp³-hybridized carbons (Fsp3) is 0.459. The number of aliphatic hydroxyl groups excluding tert-OH is 1. The lowest BCUT2D eigenvalue weighted by Crippen LogP contribution is -2.30. The summed E-state index contributed by atoms with van der Waals surface area (Å²) in [7, 11) is -10.1. The second-order valence-electron chi connectivity index (χ2n) is 23.1. The molecule has 17 nitrogen and oxygen atoms in total. The summed E-state index contributed by atoms with van der Waals surface area (Å²) < 4.78 is 67.9. The van der Waals surface area contributed by atoms with E-state index in [1.165, 1.54) is 0 Å². The smallest absolute Gasteiger partial charge is 0.462 e. The van der Waals surface area contributed by atoms with Crippen LogP contribution in [0.25, 0.3) is 0 Å². The van der Waals surface area contributed by atoms with E-state index < -0.39 is 97.5 Å². The van der Waals surface area contributed by atoms with Gasteiger partial charge in [-0.05, 0) is 141 Å². The third kappa shape index (κ3) is 72.9. The number of hydrogen-bond donors (Lipinski definition) is 3. The van der Waals surface area contributed by atoms with Gasteiger partial charge in [-0.2, -0.15) is 0 Å². The van der Waals surface area contributed by atoms with Crippen molar-refractivity contribution in [3.63, 3.8) is 0 Å². The van der Waals surface area contributed by atoms with Gasteiger partial charge in [0.2, 0.25) is 0 Å². The summed E-state index contributed by atoms with van der Waals surface area (Å²) in [5, 5.41) is 10.6. The van der Waals surface area contributed by atoms with Crippen molar-refractivity contribution < 1.29 is 80.2 Å². The van der Waals surface area contributed by atoms with E-state index in [9.17, 15) is 43.2 Å². The number of ether oxygens (including phenoxy) is 4. The van der Waals surface area contributed by atoms with Gasteiger partial charge in [0.1, 0.15) is 19.3 Å². The van der Waals surface area contributed by atoms with Crippen molar-refractivity contribution in [1.29, 1.82) is 0 Å². The Hall–Kier alpha value is -7.40. The van der Waals surface area contributed by atoms with Crippen LogP contribution >= 0.6 is 15.6 Å². The fourth-order valence-electron chi connectivity index (χ4n) is 8.17. The second kappa shape index (κ2) is 73.9. The number of rotatable bonds is 65. The van der Waals surface area contributed by atoms with E-state index in [4.69, 9.17) is 37.0 Å². The molecule has 19 heteroatoms. The number of aliphatic hydroxyl groups is 1. The van der Waals surface area contributed by atoms with E-state index in [1.807, 2.05) is 54.7 Å². The maximum atomic E-state index is 13.1. The minimum atomic E-state index is -5.05. The number of phosphoric ester groups is 2. The van der Waals surface area contributed by atoms with Crippen LogP contribution in [0.5, 0.6) is 0 Å². The van der Waals surface area contributed by atoms with E-state index in [-0.39, 0.29) is 25.7 Å². The third-order valence-corrected chi connectivity index (χ3v) is 15.5. The zero-order chi connectivity index (χ0) is 76.0. The summed E-state index contributed by atoms with van der Waals surface area (Å²) in [5.74, 6) is -2.77. The topological polar surface area (TPSA) is 237 Å². The minimum Gasteiger partial charge on any atom is -0.462 e. The highest BCUT2D eigenvalue weighted by molar-refractivity contribution is 7.47. The second-order valence-corrected chi connectivity index (χ2v) is 26.0. The molecular weight excluding hydrogens is 1350 g/mol. The Morgan fingerprint density at radius 2 is 0.471 bits per heavy atom. The van der Waals surface area contributed by atoms with Crippen molar-refractivity contribution in [1.82, 2.24) is 0 Å². The SMILES string of the molecule is CC/C=C\C/C=C\C/C=C\C/C=C\C/C=C\C/C=C\CCC(=O)OCC(COP(=O)(O)OCC(O)COP(=O)(O)OCC(COC(=O)C/C=C\C/C=C\C/C=C\C/C=C\C/C=C\CC)OC(=O)C/C=C\C/C=C\C/C=C\C/C=C\C/C=C\CC)OC(=O)C/C=C\C/C=C\C/C=C\C/C=C\C/C=C\CC. The molecule has 104 heavy (non-hydrogen) atoms. The van der Waals surface area contributed by atoms with Gasteiger partial charge >= 0.3 is 39.5 Å². The maximum Gasteiger partial charge on any atom is 0.472 e. The highest BCUT2D eigenvalue weighted by atomic mass is 31.2. The van der Waals surface area contributed by atoms with Gasteiger partial charge < -0.3 is 33.8 Å². The van der Waals surface area contributed by atoms with Gasteiger partial charge in [0.15, 0.2) is 12.2 Å². The Morgan fingerprint density at radius 3 is 0.721 bits per heavy atom. The average molecular weight is 1480 g/mol. The quantitative estimate of drug-likeness (QED) is 0.0222. The van der Waals surface area contributed by atoms with Gasteiger partial charge in [-0.15, -0.1) is 0 Å². The van der Waals surface area contributed by atoms with Gasteiger partial charge in [0, 0.05) is 6.42 Å². The molecule has 576 valence electrons. The lowest BCUT2D eigenvalue weighted by Gasteiger charge is -2.21. The fourth-order valence-corrected chi connectivity index (χ4v) is 9.75. The maximum absolute atomic E-state index is 13.1. The minimum absolute atomic E-state index is 0.0000332. The van der Waals surface area contributed by atoms with Crippen LogP contribution in [-0.2, 0) is 65.4 Å². The first-order valence-electron chi connectivity index (χ1n) is 36.9. The van der Waals surface area contributed by atoms with Crippen LogP contribution in [-0.4, -0.2) is 96.7 Å². The Bertz CT molecular complexity index is 2990. The first-order valence-corrected chi connectivity index (χ1v) is 39.9. The van der Waals surface area contributed by atoms with Gasteiger partial charge in [-0.1, -0.05) is 283 Å². The van der Waals surface area contributed by atoms with Crippen molar-refractivity contribution in [2.24, 2.45) is 0 Å². The van der Waals surface area contributed by atoms with Gasteiger partial charge in [-0.25, -0.2) is 9.13 Å². The van der Waals surface area contributed by atoms with Crippen molar-refractivity contribution in [2.45, 2.75) is 213 Å². The number of carbonyl (C=O) groups excluding carboxylic acids is 4. The summed E-state index contributed by atoms with van der Waals surface area (Å²) in [6.45, 7) is 3.88. The van der Waals surface area contributed by atoms with Crippen molar-refractivity contribution >= 4 is 39.5 Å². The molecule has 0 heterocycles. The number of esters is 4. The molecule has 0 amide bonds. The first-order chi connectivity index (χ1) is 50.7. The molecule has 0 radical (unpaired) electrons. The Morgan fingerprint density at radius 1 is 0.269 bits per heavy atom. The summed E-state index contributed by atoms with van der Waals surface area (Å²) >= 11 is 0. The van der Waals surface area contributed by atoms with Crippen molar-refractivity contribution in [2.75, 3.05) is 39.6 Å². The average Bonchev–Trinajstić information content (AvgIpc) is 0.918. The molecule has 0 spiro atoms. The molecule has 5 unspecified atom stereocenters. The molecule has 0 aromatic rings. The number of allylic oxidation sites excluding steroid dienone is 39. The molecule has 0 saturated carbocycles. The summed E-state index contributed by atoms with van der Waals surface area (Å²) in [6.07, 6.45) is 98.2. The Balaban J connectivity index is 5.67. The van der Waals surface area contributed by atoms with E-state index in [2.05, 4.69) is 192 Å². The Labute approximate surface area is 624 Å². The molecule has 5 atom stereocenters. The van der Waals surface area contributed by atoms with E-state index in [0.717, 1.165) is 109 Å². The van der Waals surface area contributed by atoms with Crippen molar-refractivity contribution in [3.8, 4) is 0 Å². The Kier molecular flexibility index (Phi) is 68.6. The van der Waals surface area contributed by atoms with E-state index in [1.54, 1.807) is 36.5 Å². The van der Waals surface area contributed by atoms with E-state index in [0.29, 0.717) is 32.1 Å². The van der Waals surface area contributed by atoms with Crippen LogP contribution in [0.4, 0.5) is 0 Å². The number of phosphoric acid groups is 2. The zero-order valence-corrected chi connectivity index (χ0v) is 64.3. The van der Waals surface area contributed by atoms with Crippen molar-refractivity contribution in [3.05, 3.63) is 255 Å². The van der Waals surface area contributed by atoms with E-state index >= 15 is 0 Å². The summed E-state index contributed by atoms with van der Waals surface area (Å²) in [5.41, 5.74) is 0. The first kappa shape index (κ1) is 96.6. The molecule has 0 saturated heterocycles. The molecule has 0 aliphatic heterocycles. The molecule has 3 N–H and O–H groups in total. The molecule has 0 aromatic carbocycles. The van der Waals surface area contributed by atoms with Gasteiger partial charge in [0.25, 0.3) is 0 Å². The largest absolute Gasteiger partial charge is 0.472 e. The molecular formula is C85H124O17P2. The molecule has 0 aromatic heterocycles. The van der Waals surface area contributed by atoms with Crippen LogP contribution in [0.1, 0.15) is 195 Å². The summed E-state index contributed by atoms with van der Waals surface area (Å²) in [6, 6.07) is 0. The van der Waals surface area contributed by atoms with Crippen LogP contribution in [0, 0.1) is 0 Å². The number of carbonyl (C=O) groups is 4. The number of hydrogen-bond acceptors (Lipinski definition) is 15. The molecule has 0 rings (SSSR count). The van der Waals surface area contributed by atoms with Gasteiger partial charge in [0.05, 0.1) is 45.7 Å². The van der Waals surface area contributed by atoms with Crippen LogP contribution in [0.15, 0.2) is 255 Å². The highest BCUT2D eigenvalue weighted by Gasteiger charge is 2.30. The standard InChI is InChI=1S/C85H124O17P2/c1-5-9-13-17-21-25-29-33-37-38-39-40-44-46-50-54-58-62-66-70-83(88)96-76-81(102-85(90)72-68-64-60-56-52-48-43-36-32-28-24-20-16-12-8-4)78-100-104(93,94)98-74-79(86)73-97-103(91,92)99-77-80(101-84(89)71-67-63-59-55-51-47-42-35-31-27-23-19-15-11-7-3)75-95-82(87)69-65-61-57-53-49-45-41-34-30-26-22-18-14-10-6-2/h9-16,21-28,33-37,39-43,46,49-53,55-56,58,61-65,67-68,79-81,86H,5-8,17-20,29-32,38,44-45,47-48,54,57,59-60,66,69-78H2,1-4H3,(H,91,92)(H,93,94)/b13-9-,14-10-,15-11-,16-12-,25-21-,26-22-,27-23-,28-24-,37-33-,40-39-,41-34-,42-35-,43-36-,50-46-,53-49-,55-51-,56-52-,62-58-,65-61-,67-63-,68-64-. The lowest BCUT2D eigenvalue weighted by atomic mass is 10.2.